The van der Waals surface area contributed by atoms with Gasteiger partial charge in [-0.05, 0) is 51.0 Å². The van der Waals surface area contributed by atoms with Crippen LogP contribution < -0.4 is 21.7 Å². The predicted molar refractivity (Wildman–Crippen MR) is 200 cm³/mol. The number of Topliss-reactive ketones (excluding diaryl/α,β-unsaturated/α-hetero) is 1. The Morgan fingerprint density at radius 1 is 1.02 bits per heavy atom. The molecule has 0 saturated carbocycles. The van der Waals surface area contributed by atoms with Crippen LogP contribution in [0.15, 0.2) is 70.6 Å². The van der Waals surface area contributed by atoms with E-state index in [1.807, 2.05) is 6.92 Å². The van der Waals surface area contributed by atoms with Crippen molar-refractivity contribution in [3.8, 4) is 0 Å². The average Bonchev–Trinajstić information content (AvgIpc) is 3.45. The zero-order valence-electron chi connectivity index (χ0n) is 32.2. The van der Waals surface area contributed by atoms with Gasteiger partial charge in [0.15, 0.2) is 6.10 Å². The number of hydrogen-bond acceptors (Lipinski definition) is 12. The summed E-state index contributed by atoms with van der Waals surface area (Å²) in [6.07, 6.45) is 6.42. The quantitative estimate of drug-likeness (QED) is 0.0825. The molecule has 0 radical (unpaired) electrons. The maximum absolute atomic E-state index is 13.9. The van der Waals surface area contributed by atoms with Crippen LogP contribution >= 0.6 is 0 Å². The molecule has 16 heteroatoms. The third kappa shape index (κ3) is 12.7. The summed E-state index contributed by atoms with van der Waals surface area (Å²) in [4.78, 5) is 89.2. The number of fused-ring (bicyclic) bond motifs is 2. The summed E-state index contributed by atoms with van der Waals surface area (Å²) in [5, 5.41) is 19.8. The number of rotatable bonds is 12. The number of aliphatic hydroxyl groups excluding tert-OH is 1. The van der Waals surface area contributed by atoms with Crippen molar-refractivity contribution >= 4 is 41.3 Å². The molecule has 300 valence electrons. The lowest BCUT2D eigenvalue weighted by Crippen LogP contribution is -2.38. The molecule has 0 aromatic carbocycles. The minimum Gasteiger partial charge on any atom is -0.439 e. The van der Waals surface area contributed by atoms with E-state index in [-0.39, 0.29) is 73.3 Å². The van der Waals surface area contributed by atoms with E-state index in [0.717, 1.165) is 11.0 Å². The Hall–Kier alpha value is -5.19. The molecular weight excluding hydrogens is 714 g/mol. The molecule has 3 aliphatic rings. The second-order valence-corrected chi connectivity index (χ2v) is 13.8. The smallest absolute Gasteiger partial charge is 0.405 e. The van der Waals surface area contributed by atoms with Gasteiger partial charge in [0, 0.05) is 75.6 Å². The summed E-state index contributed by atoms with van der Waals surface area (Å²) in [5.74, 6) is -3.56. The van der Waals surface area contributed by atoms with E-state index in [0.29, 0.717) is 18.4 Å². The third-order valence-electron chi connectivity index (χ3n) is 9.46. The van der Waals surface area contributed by atoms with E-state index < -0.39 is 65.7 Å². The molecule has 2 bridgehead atoms. The van der Waals surface area contributed by atoms with Gasteiger partial charge in [-0.1, -0.05) is 38.2 Å². The number of nitrogens with zero attached hydrogens (tertiary/aromatic N) is 1. The van der Waals surface area contributed by atoms with E-state index in [4.69, 9.17) is 19.9 Å². The number of carbonyl (C=O) groups excluding carboxylic acids is 7. The van der Waals surface area contributed by atoms with Gasteiger partial charge in [0.05, 0.1) is 23.6 Å². The number of primary amides is 1. The first kappa shape index (κ1) is 44.2. The fourth-order valence-electron chi connectivity index (χ4n) is 6.45. The molecular formula is C39H53N5O11. The summed E-state index contributed by atoms with van der Waals surface area (Å²) in [7, 11) is 2.88. The van der Waals surface area contributed by atoms with Gasteiger partial charge >= 0.3 is 6.09 Å². The Labute approximate surface area is 320 Å². The molecule has 6 atom stereocenters. The van der Waals surface area contributed by atoms with Gasteiger partial charge in [0.25, 0.3) is 17.7 Å². The van der Waals surface area contributed by atoms with Crippen LogP contribution in [0.1, 0.15) is 59.8 Å². The normalized spacial score (nSPS) is 25.7. The van der Waals surface area contributed by atoms with Crippen LogP contribution in [0.5, 0.6) is 0 Å². The van der Waals surface area contributed by atoms with Crippen LogP contribution in [0.2, 0.25) is 0 Å². The van der Waals surface area contributed by atoms with Gasteiger partial charge in [-0.3, -0.25) is 33.7 Å². The highest BCUT2D eigenvalue weighted by atomic mass is 16.6. The molecule has 55 heavy (non-hydrogen) atoms. The number of ether oxygens (including phenoxy) is 3. The summed E-state index contributed by atoms with van der Waals surface area (Å²) in [5.41, 5.74) is 6.15. The maximum atomic E-state index is 13.9. The highest BCUT2D eigenvalue weighted by molar-refractivity contribution is 6.23. The van der Waals surface area contributed by atoms with Crippen molar-refractivity contribution in [2.75, 3.05) is 33.9 Å². The fraction of sp³-hybridized carbons (Fsp3) is 0.513. The zero-order chi connectivity index (χ0) is 40.8. The third-order valence-corrected chi connectivity index (χ3v) is 9.46. The number of hydrogen-bond donors (Lipinski definition) is 5. The van der Waals surface area contributed by atoms with Gasteiger partial charge < -0.3 is 41.0 Å². The summed E-state index contributed by atoms with van der Waals surface area (Å²) < 4.78 is 16.7. The fourth-order valence-corrected chi connectivity index (χ4v) is 6.45. The topological polar surface area (TPSA) is 233 Å². The second-order valence-electron chi connectivity index (χ2n) is 13.8. The number of carbonyl (C=O) groups is 7. The predicted octanol–water partition coefficient (Wildman–Crippen LogP) is 1.56. The van der Waals surface area contributed by atoms with Crippen LogP contribution in [0, 0.1) is 11.8 Å². The van der Waals surface area contributed by atoms with Gasteiger partial charge in [0.2, 0.25) is 17.5 Å². The summed E-state index contributed by atoms with van der Waals surface area (Å²) in [6, 6.07) is 0. The van der Waals surface area contributed by atoms with E-state index in [1.165, 1.54) is 45.4 Å². The maximum Gasteiger partial charge on any atom is 0.405 e. The number of nitrogens with one attached hydrogen (secondary N) is 3. The minimum atomic E-state index is -1.03. The van der Waals surface area contributed by atoms with Crippen LogP contribution in [0.3, 0.4) is 0 Å². The molecule has 1 aliphatic carbocycles. The van der Waals surface area contributed by atoms with E-state index >= 15 is 0 Å². The number of amides is 5. The van der Waals surface area contributed by atoms with Gasteiger partial charge in [-0.2, -0.15) is 0 Å². The first-order chi connectivity index (χ1) is 26.1. The number of aliphatic hydroxyl groups is 1. The van der Waals surface area contributed by atoms with Crippen molar-refractivity contribution in [1.82, 2.24) is 20.9 Å². The summed E-state index contributed by atoms with van der Waals surface area (Å²) in [6.45, 7) is 7.49. The lowest BCUT2D eigenvalue weighted by Gasteiger charge is -2.30. The Bertz CT molecular complexity index is 1670. The standard InChI is InChI=1S/C39H53N5O11/c1-22-18-26-34(42-16-9-15-41-31(46)12-8-17-44-32(47)13-14-33(44)48)28(45)21-27(36(26)50)43-38(51)23(2)10-7-11-29(53-5)37(55-39(40)52)25(4)20-24(3)35(49)30(19-22)54-6/h7,10-11,13-14,20-22,24,29-30,35,37,42,49H,8-9,12,15-19H2,1-6H3,(H2,40,52)(H,41,46)(H,43,51)/t22-,24+,29+,30+,35-,37+/m1/s1. The Kier molecular flexibility index (Phi) is 16.9. The molecule has 0 saturated heterocycles. The van der Waals surface area contributed by atoms with Crippen LogP contribution in [0.4, 0.5) is 4.79 Å². The molecule has 0 fully saturated rings. The molecule has 2 heterocycles. The van der Waals surface area contributed by atoms with Gasteiger partial charge in [0.1, 0.15) is 6.10 Å². The largest absolute Gasteiger partial charge is 0.439 e. The van der Waals surface area contributed by atoms with Crippen molar-refractivity contribution in [2.24, 2.45) is 17.6 Å². The molecule has 2 aliphatic heterocycles. The van der Waals surface area contributed by atoms with Crippen LogP contribution in [-0.4, -0.2) is 110 Å². The van der Waals surface area contributed by atoms with Crippen molar-refractivity contribution in [3.05, 3.63) is 70.6 Å². The lowest BCUT2D eigenvalue weighted by atomic mass is 9.85. The molecule has 0 aromatic heterocycles. The zero-order valence-corrected chi connectivity index (χ0v) is 32.2. The molecule has 0 spiro atoms. The molecule has 16 nitrogen and oxygen atoms in total. The van der Waals surface area contributed by atoms with Crippen molar-refractivity contribution in [3.63, 3.8) is 0 Å². The van der Waals surface area contributed by atoms with Crippen LogP contribution in [0.25, 0.3) is 0 Å². The lowest BCUT2D eigenvalue weighted by molar-refractivity contribution is -0.137. The highest BCUT2D eigenvalue weighted by Crippen LogP contribution is 2.29. The minimum absolute atomic E-state index is 0.0726. The highest BCUT2D eigenvalue weighted by Gasteiger charge is 2.33. The number of nitrogens with two attached hydrogens (primary N) is 1. The summed E-state index contributed by atoms with van der Waals surface area (Å²) >= 11 is 0. The van der Waals surface area contributed by atoms with Gasteiger partial charge in [-0.15, -0.1) is 0 Å². The second kappa shape index (κ2) is 21.0. The molecule has 0 unspecified atom stereocenters. The number of allylic oxidation sites excluding steroid dienone is 4. The van der Waals surface area contributed by atoms with E-state index in [9.17, 15) is 38.7 Å². The molecule has 3 rings (SSSR count). The Balaban J connectivity index is 1.81. The molecule has 6 N–H and O–H groups in total. The molecule has 0 aromatic rings. The average molecular weight is 768 g/mol. The van der Waals surface area contributed by atoms with Gasteiger partial charge in [-0.25, -0.2) is 4.79 Å². The van der Waals surface area contributed by atoms with Crippen LogP contribution in [-0.2, 0) is 43.0 Å². The SMILES string of the molecule is CO[C@H]1C=CC=C(C)C(=O)NC2=CC(=O)C(NCCCNC(=O)CCCN3C(=O)C=CC3=O)=C(C[C@@H](C)C[C@H](OC)[C@H](O)[C@@H](C)C=C(C)[C@@H]1OC(N)=O)C2=O. The first-order valence-corrected chi connectivity index (χ1v) is 18.2. The van der Waals surface area contributed by atoms with Crippen molar-refractivity contribution < 1.29 is 52.9 Å². The Morgan fingerprint density at radius 2 is 1.71 bits per heavy atom. The number of methoxy groups -OCH3 is 2. The Morgan fingerprint density at radius 3 is 2.35 bits per heavy atom. The van der Waals surface area contributed by atoms with E-state index in [2.05, 4.69) is 16.0 Å². The monoisotopic (exact) mass is 767 g/mol. The number of ketones is 2. The first-order valence-electron chi connectivity index (χ1n) is 18.2. The molecule has 5 amide bonds. The van der Waals surface area contributed by atoms with Crippen molar-refractivity contribution in [2.45, 2.75) is 84.2 Å². The van der Waals surface area contributed by atoms with E-state index in [1.54, 1.807) is 26.0 Å². The number of imide groups is 1. The van der Waals surface area contributed by atoms with Crippen molar-refractivity contribution in [1.29, 1.82) is 0 Å².